The molecule has 5 N–H and O–H groups in total. The summed E-state index contributed by atoms with van der Waals surface area (Å²) in [4.78, 5) is 37.9. The largest absolute Gasteiger partial charge is 0.459 e. The summed E-state index contributed by atoms with van der Waals surface area (Å²) in [6.07, 6.45) is 3.50. The zero-order chi connectivity index (χ0) is 28.3. The first-order chi connectivity index (χ1) is 18.2. The zero-order valence-corrected chi connectivity index (χ0v) is 23.1. The van der Waals surface area contributed by atoms with Crippen molar-refractivity contribution in [3.63, 3.8) is 0 Å². The lowest BCUT2D eigenvalue weighted by molar-refractivity contribution is -0.254. The van der Waals surface area contributed by atoms with Gasteiger partial charge in [0.15, 0.2) is 5.60 Å². The van der Waals surface area contributed by atoms with Crippen LogP contribution in [0.5, 0.6) is 0 Å². The molecule has 1 saturated heterocycles. The molecule has 0 bridgehead atoms. The first-order valence-corrected chi connectivity index (χ1v) is 14.4. The molecule has 216 valence electrons. The molecule has 0 aromatic rings. The van der Waals surface area contributed by atoms with E-state index in [1.54, 1.807) is 0 Å². The molecule has 39 heavy (non-hydrogen) atoms. The minimum absolute atomic E-state index is 0.218. The topological polar surface area (TPSA) is 166 Å². The van der Waals surface area contributed by atoms with Gasteiger partial charge in [-0.25, -0.2) is 4.79 Å². The van der Waals surface area contributed by atoms with Gasteiger partial charge >= 0.3 is 17.9 Å². The van der Waals surface area contributed by atoms with E-state index in [0.29, 0.717) is 44.3 Å². The van der Waals surface area contributed by atoms with E-state index in [9.17, 15) is 29.7 Å². The third kappa shape index (κ3) is 3.32. The molecular weight excluding hydrogens is 506 g/mol. The van der Waals surface area contributed by atoms with Crippen molar-refractivity contribution in [1.82, 2.24) is 0 Å². The predicted molar refractivity (Wildman–Crippen MR) is 135 cm³/mol. The predicted octanol–water partition coefficient (Wildman–Crippen LogP) is 1.33. The van der Waals surface area contributed by atoms with Crippen LogP contribution >= 0.6 is 0 Å². The minimum atomic E-state index is -1.77. The number of ether oxygens (including phenoxy) is 3. The van der Waals surface area contributed by atoms with Gasteiger partial charge in [0.1, 0.15) is 17.0 Å². The molecule has 0 radical (unpaired) electrons. The Kier molecular flexibility index (Phi) is 5.92. The minimum Gasteiger partial charge on any atom is -0.459 e. The van der Waals surface area contributed by atoms with Crippen LogP contribution in [0.3, 0.4) is 0 Å². The van der Waals surface area contributed by atoms with Crippen molar-refractivity contribution in [2.45, 2.75) is 108 Å². The molecule has 0 spiro atoms. The fourth-order valence-corrected chi connectivity index (χ4v) is 10.4. The van der Waals surface area contributed by atoms with Gasteiger partial charge in [-0.15, -0.1) is 0 Å². The van der Waals surface area contributed by atoms with E-state index in [1.165, 1.54) is 20.8 Å². The van der Waals surface area contributed by atoms with Crippen molar-refractivity contribution in [1.29, 1.82) is 0 Å². The number of hydrogen-bond acceptors (Lipinski definition) is 10. The molecular formula is C29H41NO9. The summed E-state index contributed by atoms with van der Waals surface area (Å²) in [6.45, 7) is 6.07. The summed E-state index contributed by atoms with van der Waals surface area (Å²) in [6, 6.07) is -0.697. The van der Waals surface area contributed by atoms with Gasteiger partial charge in [-0.3, -0.25) is 9.59 Å². The van der Waals surface area contributed by atoms with Crippen LogP contribution in [0.4, 0.5) is 0 Å². The highest BCUT2D eigenvalue weighted by molar-refractivity contribution is 5.85. The SMILES string of the molecule is CC(=O)OC12C[C@@H](O)CCC1C(N)C(O)C1C2CCC2(OC(C)=O)C1CC1C2CC=C2OC(=O)C(C)(O)C21C. The van der Waals surface area contributed by atoms with Crippen molar-refractivity contribution in [3.05, 3.63) is 11.8 Å². The highest BCUT2D eigenvalue weighted by atomic mass is 16.6. The van der Waals surface area contributed by atoms with Crippen molar-refractivity contribution in [3.8, 4) is 0 Å². The molecule has 5 aliphatic carbocycles. The summed E-state index contributed by atoms with van der Waals surface area (Å²) in [5, 5.41) is 34.0. The first kappa shape index (κ1) is 27.2. The second kappa shape index (κ2) is 8.50. The summed E-state index contributed by atoms with van der Waals surface area (Å²) in [5.41, 5.74) is 1.95. The molecule has 4 saturated carbocycles. The molecule has 1 aliphatic heterocycles. The van der Waals surface area contributed by atoms with Gasteiger partial charge in [-0.2, -0.15) is 0 Å². The lowest BCUT2D eigenvalue weighted by Gasteiger charge is -2.63. The van der Waals surface area contributed by atoms with Crippen molar-refractivity contribution in [2.75, 3.05) is 0 Å². The highest BCUT2D eigenvalue weighted by Gasteiger charge is 2.76. The lowest BCUT2D eigenvalue weighted by Crippen LogP contribution is -2.72. The van der Waals surface area contributed by atoms with Crippen molar-refractivity contribution in [2.24, 2.45) is 46.7 Å². The van der Waals surface area contributed by atoms with Crippen LogP contribution in [0.25, 0.3) is 0 Å². The number of esters is 3. The number of aliphatic hydroxyl groups is 3. The Hall–Kier alpha value is -2.01. The Labute approximate surface area is 228 Å². The molecule has 12 unspecified atom stereocenters. The number of fused-ring (bicyclic) bond motifs is 9. The van der Waals surface area contributed by atoms with Crippen molar-refractivity contribution >= 4 is 17.9 Å². The summed E-state index contributed by atoms with van der Waals surface area (Å²) < 4.78 is 18.0. The van der Waals surface area contributed by atoms with Gasteiger partial charge in [0.25, 0.3) is 0 Å². The maximum Gasteiger partial charge on any atom is 0.343 e. The van der Waals surface area contributed by atoms with E-state index >= 15 is 0 Å². The Balaban J connectivity index is 1.48. The summed E-state index contributed by atoms with van der Waals surface area (Å²) in [5.74, 6) is -3.07. The number of carbonyl (C=O) groups excluding carboxylic acids is 3. The van der Waals surface area contributed by atoms with E-state index in [4.69, 9.17) is 19.9 Å². The number of carbonyl (C=O) groups is 3. The molecule has 6 rings (SSSR count). The van der Waals surface area contributed by atoms with Gasteiger partial charge in [-0.05, 0) is 70.3 Å². The molecule has 10 nitrogen and oxygen atoms in total. The monoisotopic (exact) mass is 547 g/mol. The number of allylic oxidation sites excluding steroid dienone is 1. The van der Waals surface area contributed by atoms with E-state index < -0.39 is 64.3 Å². The van der Waals surface area contributed by atoms with E-state index in [2.05, 4.69) is 0 Å². The van der Waals surface area contributed by atoms with Crippen LogP contribution in [0.2, 0.25) is 0 Å². The van der Waals surface area contributed by atoms with E-state index in [0.717, 1.165) is 0 Å². The average molecular weight is 548 g/mol. The van der Waals surface area contributed by atoms with Crippen LogP contribution in [-0.2, 0) is 28.6 Å². The fourth-order valence-electron chi connectivity index (χ4n) is 10.4. The summed E-state index contributed by atoms with van der Waals surface area (Å²) in [7, 11) is 0. The number of rotatable bonds is 2. The quantitative estimate of drug-likeness (QED) is 0.293. The van der Waals surface area contributed by atoms with E-state index in [-0.39, 0.29) is 36.0 Å². The van der Waals surface area contributed by atoms with Crippen LogP contribution in [0, 0.1) is 40.9 Å². The highest BCUT2D eigenvalue weighted by Crippen LogP contribution is 2.71. The molecule has 5 fully saturated rings. The molecule has 1 heterocycles. The lowest BCUT2D eigenvalue weighted by atomic mass is 9.47. The van der Waals surface area contributed by atoms with Gasteiger partial charge in [0.2, 0.25) is 0 Å². The van der Waals surface area contributed by atoms with Crippen LogP contribution < -0.4 is 5.73 Å². The second-order valence-corrected chi connectivity index (χ2v) is 13.5. The van der Waals surface area contributed by atoms with Gasteiger partial charge < -0.3 is 35.3 Å². The van der Waals surface area contributed by atoms with Crippen LogP contribution in [-0.4, -0.2) is 68.3 Å². The number of nitrogens with two attached hydrogens (primary N) is 1. The van der Waals surface area contributed by atoms with Crippen LogP contribution in [0.1, 0.15) is 72.6 Å². The Morgan fingerprint density at radius 1 is 0.974 bits per heavy atom. The fraction of sp³-hybridized carbons (Fsp3) is 0.828. The Morgan fingerprint density at radius 2 is 1.64 bits per heavy atom. The standard InChI is InChI=1S/C29H41NO9/c1-13(31)38-28-10-9-17-22(24(34)23(30)18-6-5-15(33)12-29(17,18)39-14(2)32)20(28)11-19-16(28)7-8-21-26(19,3)27(4,36)25(35)37-21/h8,15-20,22-24,33-34,36H,5-7,9-12,30H2,1-4H3/t15-,16?,17?,18?,19?,20?,22?,23?,24?,26?,27?,28?,29?/m0/s1. The number of aliphatic hydroxyl groups excluding tert-OH is 2. The molecule has 0 aromatic carbocycles. The normalized spacial score (nSPS) is 53.7. The van der Waals surface area contributed by atoms with Crippen molar-refractivity contribution < 1.29 is 43.9 Å². The zero-order valence-electron chi connectivity index (χ0n) is 23.1. The Bertz CT molecular complexity index is 1140. The van der Waals surface area contributed by atoms with Crippen LogP contribution in [0.15, 0.2) is 11.8 Å². The molecule has 13 atom stereocenters. The molecule has 10 heteroatoms. The third-order valence-electron chi connectivity index (χ3n) is 12.0. The second-order valence-electron chi connectivity index (χ2n) is 13.5. The average Bonchev–Trinajstić information content (AvgIpc) is 3.25. The Morgan fingerprint density at radius 3 is 2.31 bits per heavy atom. The van der Waals surface area contributed by atoms with E-state index in [1.807, 2.05) is 13.0 Å². The molecule has 6 aliphatic rings. The smallest absolute Gasteiger partial charge is 0.343 e. The molecule has 0 aromatic heterocycles. The van der Waals surface area contributed by atoms with Gasteiger partial charge in [-0.1, -0.05) is 0 Å². The maximum absolute atomic E-state index is 12.8. The first-order valence-electron chi connectivity index (χ1n) is 14.4. The third-order valence-corrected chi connectivity index (χ3v) is 12.0. The summed E-state index contributed by atoms with van der Waals surface area (Å²) >= 11 is 0. The van der Waals surface area contributed by atoms with Gasteiger partial charge in [0, 0.05) is 50.0 Å². The van der Waals surface area contributed by atoms with Gasteiger partial charge in [0.05, 0.1) is 17.6 Å². The maximum atomic E-state index is 12.8. The molecule has 0 amide bonds. The number of hydrogen-bond donors (Lipinski definition) is 4.